The summed E-state index contributed by atoms with van der Waals surface area (Å²) in [6.45, 7) is 2.81. The van der Waals surface area contributed by atoms with Gasteiger partial charge < -0.3 is 16.0 Å². The molecular weight excluding hydrogens is 262 g/mol. The number of amides is 1. The highest BCUT2D eigenvalue weighted by Crippen LogP contribution is 2.19. The lowest BCUT2D eigenvalue weighted by molar-refractivity contribution is -0.385. The summed E-state index contributed by atoms with van der Waals surface area (Å²) in [5.41, 5.74) is 5.00. The average molecular weight is 281 g/mol. The molecule has 3 N–H and O–H groups in total. The molecule has 0 bridgehead atoms. The van der Waals surface area contributed by atoms with Gasteiger partial charge >= 0.3 is 0 Å². The number of rotatable bonds is 7. The van der Waals surface area contributed by atoms with E-state index in [0.29, 0.717) is 0 Å². The summed E-state index contributed by atoms with van der Waals surface area (Å²) < 4.78 is 0. The first-order valence-corrected chi connectivity index (χ1v) is 6.16. The molecule has 20 heavy (non-hydrogen) atoms. The Kier molecular flexibility index (Phi) is 5.39. The van der Waals surface area contributed by atoms with Crippen molar-refractivity contribution in [3.8, 4) is 0 Å². The van der Waals surface area contributed by atoms with Gasteiger partial charge in [0.25, 0.3) is 11.6 Å². The van der Waals surface area contributed by atoms with E-state index >= 15 is 0 Å². The Bertz CT molecular complexity index is 504. The molecule has 0 spiro atoms. The topological polar surface area (TPSA) is 114 Å². The zero-order chi connectivity index (χ0) is 15.3. The van der Waals surface area contributed by atoms with Crippen molar-refractivity contribution in [3.05, 3.63) is 27.9 Å². The first kappa shape index (κ1) is 15.8. The van der Waals surface area contributed by atoms with Crippen LogP contribution in [0.15, 0.2) is 12.3 Å². The summed E-state index contributed by atoms with van der Waals surface area (Å²) in [6.07, 6.45) is 1.94. The van der Waals surface area contributed by atoms with Crippen molar-refractivity contribution in [2.75, 3.05) is 26.0 Å². The number of hydrogen-bond acceptors (Lipinski definition) is 6. The molecule has 1 atom stereocenters. The summed E-state index contributed by atoms with van der Waals surface area (Å²) >= 11 is 0. The van der Waals surface area contributed by atoms with Crippen LogP contribution < -0.4 is 11.1 Å². The molecule has 0 radical (unpaired) electrons. The molecule has 0 saturated heterocycles. The first-order chi connectivity index (χ1) is 9.31. The number of nitrogens with one attached hydrogen (secondary N) is 1. The highest BCUT2D eigenvalue weighted by Gasteiger charge is 2.17. The molecule has 0 aliphatic heterocycles. The third-order valence-corrected chi connectivity index (χ3v) is 2.74. The van der Waals surface area contributed by atoms with Gasteiger partial charge in [-0.2, -0.15) is 0 Å². The number of primary amides is 1. The Labute approximate surface area is 117 Å². The predicted molar refractivity (Wildman–Crippen MR) is 75.7 cm³/mol. The van der Waals surface area contributed by atoms with Gasteiger partial charge in [0, 0.05) is 12.1 Å². The zero-order valence-electron chi connectivity index (χ0n) is 11.8. The van der Waals surface area contributed by atoms with Crippen LogP contribution in [-0.4, -0.2) is 47.4 Å². The Hall–Kier alpha value is -2.22. The van der Waals surface area contributed by atoms with Crippen molar-refractivity contribution in [2.45, 2.75) is 19.4 Å². The third kappa shape index (κ3) is 4.47. The van der Waals surface area contributed by atoms with Gasteiger partial charge in [-0.05, 0) is 34.0 Å². The van der Waals surface area contributed by atoms with E-state index in [4.69, 9.17) is 5.73 Å². The summed E-state index contributed by atoms with van der Waals surface area (Å²) in [7, 11) is 3.93. The van der Waals surface area contributed by atoms with E-state index in [-0.39, 0.29) is 23.1 Å². The van der Waals surface area contributed by atoms with Crippen LogP contribution in [0, 0.1) is 10.1 Å². The molecule has 1 rings (SSSR count). The van der Waals surface area contributed by atoms with E-state index in [1.807, 2.05) is 25.9 Å². The molecule has 0 aliphatic rings. The largest absolute Gasteiger partial charge is 0.367 e. The second-order valence-corrected chi connectivity index (χ2v) is 4.85. The van der Waals surface area contributed by atoms with E-state index in [2.05, 4.69) is 10.3 Å². The summed E-state index contributed by atoms with van der Waals surface area (Å²) in [5, 5.41) is 13.7. The van der Waals surface area contributed by atoms with Gasteiger partial charge in [0.2, 0.25) is 0 Å². The lowest BCUT2D eigenvalue weighted by atomic mass is 10.2. The molecule has 1 amide bonds. The molecule has 0 aliphatic carbocycles. The minimum Gasteiger partial charge on any atom is -0.367 e. The normalized spacial score (nSPS) is 12.2. The van der Waals surface area contributed by atoms with Crippen LogP contribution in [0.25, 0.3) is 0 Å². The van der Waals surface area contributed by atoms with Gasteiger partial charge in [-0.1, -0.05) is 0 Å². The average Bonchev–Trinajstić information content (AvgIpc) is 2.36. The third-order valence-electron chi connectivity index (χ3n) is 2.74. The van der Waals surface area contributed by atoms with Crippen molar-refractivity contribution in [1.29, 1.82) is 0 Å². The summed E-state index contributed by atoms with van der Waals surface area (Å²) in [4.78, 5) is 27.4. The maximum absolute atomic E-state index is 11.4. The fraction of sp³-hybridized carbons (Fsp3) is 0.500. The minimum atomic E-state index is -0.747. The lowest BCUT2D eigenvalue weighted by Gasteiger charge is -2.18. The number of carbonyl (C=O) groups is 1. The standard InChI is InChI=1S/C12H19N5O3/c1-8(4-5-16(2)3)15-12-10(11(13)18)6-9(7-14-12)17(19)20/h6-8H,4-5H2,1-3H3,(H2,13,18)(H,14,15). The number of anilines is 1. The van der Waals surface area contributed by atoms with Gasteiger partial charge in [-0.15, -0.1) is 0 Å². The van der Waals surface area contributed by atoms with Crippen molar-refractivity contribution in [1.82, 2.24) is 9.88 Å². The van der Waals surface area contributed by atoms with Gasteiger partial charge in [0.05, 0.1) is 10.5 Å². The molecule has 8 nitrogen and oxygen atoms in total. The number of nitrogens with two attached hydrogens (primary N) is 1. The summed E-state index contributed by atoms with van der Waals surface area (Å²) in [5.74, 6) is -0.474. The number of pyridine rings is 1. The van der Waals surface area contributed by atoms with E-state index in [9.17, 15) is 14.9 Å². The fourth-order valence-corrected chi connectivity index (χ4v) is 1.61. The number of carbonyl (C=O) groups excluding carboxylic acids is 1. The SMILES string of the molecule is CC(CCN(C)C)Nc1ncc([N+](=O)[O-])cc1C(N)=O. The van der Waals surface area contributed by atoms with Crippen LogP contribution in [0.2, 0.25) is 0 Å². The zero-order valence-corrected chi connectivity index (χ0v) is 11.8. The van der Waals surface area contributed by atoms with Crippen LogP contribution >= 0.6 is 0 Å². The van der Waals surface area contributed by atoms with Gasteiger partial charge in [0.1, 0.15) is 12.0 Å². The predicted octanol–water partition coefficient (Wildman–Crippen LogP) is 0.841. The van der Waals surface area contributed by atoms with Gasteiger partial charge in [-0.3, -0.25) is 14.9 Å². The van der Waals surface area contributed by atoms with E-state index < -0.39 is 10.8 Å². The molecule has 0 saturated carbocycles. The molecule has 1 heterocycles. The number of hydrogen-bond donors (Lipinski definition) is 2. The van der Waals surface area contributed by atoms with Crippen LogP contribution in [0.4, 0.5) is 11.5 Å². The Morgan fingerprint density at radius 2 is 2.25 bits per heavy atom. The second kappa shape index (κ2) is 6.80. The van der Waals surface area contributed by atoms with Crippen molar-refractivity contribution in [2.24, 2.45) is 5.73 Å². The molecule has 1 aromatic heterocycles. The molecule has 0 aromatic carbocycles. The highest BCUT2D eigenvalue weighted by atomic mass is 16.6. The van der Waals surface area contributed by atoms with E-state index in [1.165, 1.54) is 0 Å². The van der Waals surface area contributed by atoms with E-state index in [1.54, 1.807) is 0 Å². The smallest absolute Gasteiger partial charge is 0.288 e. The maximum Gasteiger partial charge on any atom is 0.288 e. The molecule has 8 heteroatoms. The Balaban J connectivity index is 2.89. The Morgan fingerprint density at radius 1 is 1.60 bits per heavy atom. The molecule has 110 valence electrons. The van der Waals surface area contributed by atoms with Crippen molar-refractivity contribution in [3.63, 3.8) is 0 Å². The quantitative estimate of drug-likeness (QED) is 0.565. The minimum absolute atomic E-state index is 0.0240. The van der Waals surface area contributed by atoms with Crippen molar-refractivity contribution < 1.29 is 9.72 Å². The summed E-state index contributed by atoms with van der Waals surface area (Å²) in [6, 6.07) is 1.19. The Morgan fingerprint density at radius 3 is 2.75 bits per heavy atom. The van der Waals surface area contributed by atoms with Crippen molar-refractivity contribution >= 4 is 17.4 Å². The molecular formula is C12H19N5O3. The first-order valence-electron chi connectivity index (χ1n) is 6.16. The van der Waals surface area contributed by atoms with Crippen LogP contribution in [0.5, 0.6) is 0 Å². The number of nitro groups is 1. The lowest BCUT2D eigenvalue weighted by Crippen LogP contribution is -2.25. The highest BCUT2D eigenvalue weighted by molar-refractivity contribution is 5.98. The fourth-order valence-electron chi connectivity index (χ4n) is 1.61. The van der Waals surface area contributed by atoms with Crippen LogP contribution in [0.1, 0.15) is 23.7 Å². The number of nitrogens with zero attached hydrogens (tertiary/aromatic N) is 3. The number of aromatic nitrogens is 1. The molecule has 0 fully saturated rings. The second-order valence-electron chi connectivity index (χ2n) is 4.85. The maximum atomic E-state index is 11.4. The van der Waals surface area contributed by atoms with Gasteiger partial charge in [-0.25, -0.2) is 4.98 Å². The van der Waals surface area contributed by atoms with Crippen LogP contribution in [-0.2, 0) is 0 Å². The molecule has 1 aromatic rings. The monoisotopic (exact) mass is 281 g/mol. The molecule has 1 unspecified atom stereocenters. The van der Waals surface area contributed by atoms with Crippen LogP contribution in [0.3, 0.4) is 0 Å². The van der Waals surface area contributed by atoms with E-state index in [0.717, 1.165) is 25.2 Å². The van der Waals surface area contributed by atoms with Gasteiger partial charge in [0.15, 0.2) is 0 Å².